The topological polar surface area (TPSA) is 99.1 Å². The van der Waals surface area contributed by atoms with E-state index in [-0.39, 0.29) is 36.2 Å². The van der Waals surface area contributed by atoms with Gasteiger partial charge in [0.05, 0.1) is 34.4 Å². The zero-order chi connectivity index (χ0) is 49.2. The van der Waals surface area contributed by atoms with Gasteiger partial charge in [-0.2, -0.15) is 0 Å². The molecule has 0 spiro atoms. The van der Waals surface area contributed by atoms with Gasteiger partial charge in [-0.05, 0) is 51.4 Å². The number of hydrogen-bond acceptors (Lipinski definition) is 6. The van der Waals surface area contributed by atoms with E-state index >= 15 is 0 Å². The number of ether oxygens (including phenoxy) is 3. The van der Waals surface area contributed by atoms with Gasteiger partial charge in [0.15, 0.2) is 12.1 Å². The van der Waals surface area contributed by atoms with E-state index in [2.05, 4.69) is 62.5 Å². The molecule has 0 aromatic carbocycles. The Morgan fingerprint density at radius 3 is 1.24 bits per heavy atom. The first kappa shape index (κ1) is 64.3. The first-order chi connectivity index (χ1) is 32.6. The predicted molar refractivity (Wildman–Crippen MR) is 284 cm³/mol. The molecule has 0 bridgehead atoms. The molecule has 0 rings (SSSR count). The number of carboxylic acid groups (broad SMARTS) is 1. The fourth-order valence-corrected chi connectivity index (χ4v) is 8.44. The van der Waals surface area contributed by atoms with Gasteiger partial charge in [-0.25, -0.2) is 4.79 Å². The van der Waals surface area contributed by atoms with E-state index in [1.54, 1.807) is 0 Å². The summed E-state index contributed by atoms with van der Waals surface area (Å²) in [6.07, 6.45) is 61.7. The van der Waals surface area contributed by atoms with Crippen LogP contribution in [0.2, 0.25) is 0 Å². The van der Waals surface area contributed by atoms with Crippen LogP contribution in [0.4, 0.5) is 0 Å². The van der Waals surface area contributed by atoms with Crippen molar-refractivity contribution in [1.29, 1.82) is 0 Å². The molecule has 390 valence electrons. The van der Waals surface area contributed by atoms with Crippen LogP contribution in [0.3, 0.4) is 0 Å². The van der Waals surface area contributed by atoms with Gasteiger partial charge in [-0.3, -0.25) is 9.59 Å². The van der Waals surface area contributed by atoms with Crippen molar-refractivity contribution in [3.8, 4) is 0 Å². The largest absolute Gasteiger partial charge is 0.477 e. The van der Waals surface area contributed by atoms with Crippen molar-refractivity contribution >= 4 is 17.9 Å². The number of aliphatic carboxylic acids is 1. The van der Waals surface area contributed by atoms with Crippen molar-refractivity contribution in [3.63, 3.8) is 0 Å². The summed E-state index contributed by atoms with van der Waals surface area (Å²) in [4.78, 5) is 37.3. The number of unbranched alkanes of at least 4 members (excludes halogenated alkanes) is 29. The van der Waals surface area contributed by atoms with E-state index in [4.69, 9.17) is 14.2 Å². The minimum absolute atomic E-state index is 0.0517. The molecule has 0 aliphatic carbocycles. The number of rotatable bonds is 51. The Morgan fingerprint density at radius 1 is 0.463 bits per heavy atom. The van der Waals surface area contributed by atoms with Crippen LogP contribution in [0.25, 0.3) is 0 Å². The molecule has 2 atom stereocenters. The molecule has 0 fully saturated rings. The van der Waals surface area contributed by atoms with Crippen molar-refractivity contribution in [2.45, 2.75) is 270 Å². The van der Waals surface area contributed by atoms with Crippen LogP contribution in [0.15, 0.2) is 48.6 Å². The lowest BCUT2D eigenvalue weighted by molar-refractivity contribution is -0.887. The summed E-state index contributed by atoms with van der Waals surface area (Å²) in [5.74, 6) is -1.46. The van der Waals surface area contributed by atoms with E-state index in [9.17, 15) is 19.5 Å². The first-order valence-corrected chi connectivity index (χ1v) is 28.2. The Hall–Kier alpha value is -2.71. The molecule has 0 aromatic heterocycles. The molecule has 2 unspecified atom stereocenters. The summed E-state index contributed by atoms with van der Waals surface area (Å²) >= 11 is 0. The maximum Gasteiger partial charge on any atom is 0.362 e. The van der Waals surface area contributed by atoms with Crippen LogP contribution in [0.1, 0.15) is 258 Å². The molecule has 0 saturated carbocycles. The summed E-state index contributed by atoms with van der Waals surface area (Å²) in [5, 5.41) is 9.67. The maximum atomic E-state index is 12.8. The third-order valence-electron chi connectivity index (χ3n) is 12.7. The monoisotopic (exact) mass is 943 g/mol. The van der Waals surface area contributed by atoms with Crippen molar-refractivity contribution in [3.05, 3.63) is 48.6 Å². The van der Waals surface area contributed by atoms with Gasteiger partial charge in [-0.15, -0.1) is 0 Å². The van der Waals surface area contributed by atoms with E-state index < -0.39 is 18.1 Å². The Morgan fingerprint density at radius 2 is 0.836 bits per heavy atom. The summed E-state index contributed by atoms with van der Waals surface area (Å²) in [7, 11) is 5.54. The first-order valence-electron chi connectivity index (χ1n) is 28.2. The minimum Gasteiger partial charge on any atom is -0.477 e. The molecule has 0 aliphatic rings. The number of nitrogens with zero attached hydrogens (tertiary/aromatic N) is 1. The Balaban J connectivity index is 4.17. The summed E-state index contributed by atoms with van der Waals surface area (Å²) in [6.45, 7) is 4.66. The second-order valence-electron chi connectivity index (χ2n) is 20.2. The van der Waals surface area contributed by atoms with E-state index in [1.165, 1.54) is 154 Å². The van der Waals surface area contributed by atoms with Crippen LogP contribution in [-0.2, 0) is 28.6 Å². The quantitative estimate of drug-likeness (QED) is 0.0281. The van der Waals surface area contributed by atoms with Crippen molar-refractivity contribution in [2.24, 2.45) is 0 Å². The molecule has 67 heavy (non-hydrogen) atoms. The molecular formula is C59H108NO7+. The number of likely N-dealkylation sites (N-methyl/N-ethyl adjacent to an activating group) is 1. The van der Waals surface area contributed by atoms with Crippen molar-refractivity contribution in [2.75, 3.05) is 41.0 Å². The second kappa shape index (κ2) is 49.7. The lowest BCUT2D eigenvalue weighted by Crippen LogP contribution is -2.50. The molecule has 0 amide bonds. The predicted octanol–water partition coefficient (Wildman–Crippen LogP) is 16.7. The van der Waals surface area contributed by atoms with Crippen LogP contribution >= 0.6 is 0 Å². The van der Waals surface area contributed by atoms with Gasteiger partial charge in [0, 0.05) is 19.3 Å². The van der Waals surface area contributed by atoms with E-state index in [0.29, 0.717) is 19.3 Å². The number of carboxylic acids is 1. The lowest BCUT2D eigenvalue weighted by atomic mass is 10.0. The highest BCUT2D eigenvalue weighted by Crippen LogP contribution is 2.17. The number of allylic oxidation sites excluding steroid dienone is 8. The van der Waals surface area contributed by atoms with Gasteiger partial charge < -0.3 is 23.8 Å². The van der Waals surface area contributed by atoms with Crippen LogP contribution in [0.5, 0.6) is 0 Å². The van der Waals surface area contributed by atoms with Crippen LogP contribution < -0.4 is 0 Å². The molecule has 0 heterocycles. The summed E-state index contributed by atoms with van der Waals surface area (Å²) < 4.78 is 17.4. The Kier molecular flexibility index (Phi) is 47.7. The lowest BCUT2D eigenvalue weighted by Gasteiger charge is -2.31. The van der Waals surface area contributed by atoms with Crippen molar-refractivity contribution < 1.29 is 38.2 Å². The van der Waals surface area contributed by atoms with Crippen LogP contribution in [-0.4, -0.2) is 80.6 Å². The number of carbonyl (C=O) groups is 3. The summed E-state index contributed by atoms with van der Waals surface area (Å²) in [5.41, 5.74) is 0. The zero-order valence-corrected chi connectivity index (χ0v) is 44.6. The normalized spacial score (nSPS) is 13.1. The smallest absolute Gasteiger partial charge is 0.362 e. The average Bonchev–Trinajstić information content (AvgIpc) is 3.29. The number of esters is 2. The second-order valence-corrected chi connectivity index (χ2v) is 20.2. The molecule has 0 aromatic rings. The van der Waals surface area contributed by atoms with Crippen LogP contribution in [0, 0.1) is 0 Å². The van der Waals surface area contributed by atoms with Gasteiger partial charge in [0.2, 0.25) is 0 Å². The average molecular weight is 944 g/mol. The van der Waals surface area contributed by atoms with Gasteiger partial charge in [0.25, 0.3) is 0 Å². The Labute approximate surface area is 414 Å². The minimum atomic E-state index is -0.874. The number of hydrogen-bond donors (Lipinski definition) is 1. The van der Waals surface area contributed by atoms with Crippen molar-refractivity contribution in [1.82, 2.24) is 0 Å². The fraction of sp³-hybridized carbons (Fsp3) is 0.814. The molecule has 0 aliphatic heterocycles. The highest BCUT2D eigenvalue weighted by Gasteiger charge is 2.31. The molecule has 1 N–H and O–H groups in total. The molecule has 0 saturated heterocycles. The number of quaternary nitrogens is 1. The number of carbonyl (C=O) groups excluding carboxylic acids is 2. The zero-order valence-electron chi connectivity index (χ0n) is 44.6. The van der Waals surface area contributed by atoms with E-state index in [1.807, 2.05) is 21.1 Å². The molecule has 0 radical (unpaired) electrons. The van der Waals surface area contributed by atoms with E-state index in [0.717, 1.165) is 70.6 Å². The fourth-order valence-electron chi connectivity index (χ4n) is 8.44. The highest BCUT2D eigenvalue weighted by molar-refractivity contribution is 5.72. The van der Waals surface area contributed by atoms with Gasteiger partial charge in [-0.1, -0.05) is 236 Å². The molecular weight excluding hydrogens is 835 g/mol. The Bertz CT molecular complexity index is 1230. The third kappa shape index (κ3) is 48.1. The SMILES string of the molecule is CC/C=C\C/C=C\C/C=C\C/C=C\CCCCCCCCCCC(=O)OC(COCCC(C(=O)O)[N+](C)(C)C)COC(=O)CCCCCCCCCCCCCCCCCCCCCCCC. The molecule has 8 heteroatoms. The van der Waals surface area contributed by atoms with Gasteiger partial charge >= 0.3 is 17.9 Å². The highest BCUT2D eigenvalue weighted by atomic mass is 16.6. The summed E-state index contributed by atoms with van der Waals surface area (Å²) in [6, 6.07) is -0.617. The molecule has 8 nitrogen and oxygen atoms in total. The standard InChI is InChI=1S/C59H107NO7/c1-6-8-10-12-14-16-18-20-22-24-26-28-30-31-33-35-37-39-41-43-45-47-49-57(61)66-54-55(53-65-52-51-56(59(63)64)60(3,4)5)67-58(62)50-48-46-44-42-40-38-36-34-32-29-27-25-23-21-19-17-15-13-11-9-7-2/h9,11,15,17,21,23,27,29,55-56H,6-8,10,12-14,16,18-20,22,24-26,28,30-54H2,1-5H3/p+1/b11-9-,17-15-,23-21-,29-27-. The van der Waals surface area contributed by atoms with Gasteiger partial charge in [0.1, 0.15) is 6.61 Å². The third-order valence-corrected chi connectivity index (χ3v) is 12.7. The maximum absolute atomic E-state index is 12.8.